The van der Waals surface area contributed by atoms with E-state index in [1.807, 2.05) is 20.8 Å². The second-order valence-corrected chi connectivity index (χ2v) is 3.16. The fourth-order valence-corrected chi connectivity index (χ4v) is 1.03. The van der Waals surface area contributed by atoms with Crippen molar-refractivity contribution < 1.29 is 9.90 Å². The first-order chi connectivity index (χ1) is 5.61. The molecule has 2 atom stereocenters. The molecule has 0 aliphatic rings. The van der Waals surface area contributed by atoms with Crippen molar-refractivity contribution in [1.29, 1.82) is 0 Å². The smallest absolute Gasteiger partial charge is 0.320 e. The van der Waals surface area contributed by atoms with Crippen molar-refractivity contribution in [1.82, 2.24) is 5.32 Å². The molecule has 0 aliphatic heterocycles. The van der Waals surface area contributed by atoms with Gasteiger partial charge in [0.2, 0.25) is 0 Å². The summed E-state index contributed by atoms with van der Waals surface area (Å²) in [6.07, 6.45) is 2.58. The van der Waals surface area contributed by atoms with Gasteiger partial charge in [-0.2, -0.15) is 0 Å². The molecule has 0 radical (unpaired) electrons. The number of carboxylic acids is 1. The first-order valence-corrected chi connectivity index (χ1v) is 4.60. The Hall–Kier alpha value is -0.570. The minimum atomic E-state index is -0.739. The summed E-state index contributed by atoms with van der Waals surface area (Å²) >= 11 is 0. The van der Waals surface area contributed by atoms with Crippen molar-refractivity contribution >= 4 is 5.97 Å². The molecule has 0 aromatic rings. The summed E-state index contributed by atoms with van der Waals surface area (Å²) in [6, 6.07) is -0.0809. The molecule has 0 aromatic heterocycles. The predicted molar refractivity (Wildman–Crippen MR) is 49.2 cm³/mol. The minimum absolute atomic E-state index is 0.289. The Morgan fingerprint density at radius 2 is 2.08 bits per heavy atom. The second-order valence-electron chi connectivity index (χ2n) is 3.16. The maximum Gasteiger partial charge on any atom is 0.320 e. The van der Waals surface area contributed by atoms with E-state index in [1.165, 1.54) is 0 Å². The molecular weight excluding hydrogens is 154 g/mol. The van der Waals surface area contributed by atoms with Crippen LogP contribution >= 0.6 is 0 Å². The van der Waals surface area contributed by atoms with Gasteiger partial charge in [-0.3, -0.25) is 4.79 Å². The van der Waals surface area contributed by atoms with E-state index in [4.69, 9.17) is 5.11 Å². The molecule has 0 aliphatic carbocycles. The van der Waals surface area contributed by atoms with Crippen LogP contribution in [0.5, 0.6) is 0 Å². The standard InChI is InChI=1S/C9H19NO2/c1-4-6-8(9(11)12)10-7(3)5-2/h7-8,10H,4-6H2,1-3H3,(H,11,12)/t7-,8?/m0/s1. The summed E-state index contributed by atoms with van der Waals surface area (Å²) in [4.78, 5) is 10.7. The lowest BCUT2D eigenvalue weighted by atomic mass is 10.1. The molecule has 72 valence electrons. The van der Waals surface area contributed by atoms with Gasteiger partial charge >= 0.3 is 5.97 Å². The first kappa shape index (κ1) is 11.4. The quantitative estimate of drug-likeness (QED) is 0.641. The minimum Gasteiger partial charge on any atom is -0.480 e. The summed E-state index contributed by atoms with van der Waals surface area (Å²) < 4.78 is 0. The third-order valence-corrected chi connectivity index (χ3v) is 1.97. The Kier molecular flexibility index (Phi) is 5.72. The predicted octanol–water partition coefficient (Wildman–Crippen LogP) is 1.63. The number of hydrogen-bond donors (Lipinski definition) is 2. The van der Waals surface area contributed by atoms with Gasteiger partial charge < -0.3 is 10.4 Å². The van der Waals surface area contributed by atoms with Crippen molar-refractivity contribution in [2.45, 2.75) is 52.1 Å². The van der Waals surface area contributed by atoms with Crippen LogP contribution in [0.4, 0.5) is 0 Å². The van der Waals surface area contributed by atoms with Gasteiger partial charge in [0.1, 0.15) is 6.04 Å². The van der Waals surface area contributed by atoms with Crippen LogP contribution in [0.15, 0.2) is 0 Å². The summed E-state index contributed by atoms with van der Waals surface area (Å²) in [5, 5.41) is 11.9. The zero-order chi connectivity index (χ0) is 9.56. The SMILES string of the molecule is CCCC(N[C@@H](C)CC)C(=O)O. The number of aliphatic carboxylic acids is 1. The van der Waals surface area contributed by atoms with Crippen LogP contribution in [-0.4, -0.2) is 23.2 Å². The summed E-state index contributed by atoms with van der Waals surface area (Å²) in [5.41, 5.74) is 0. The molecule has 12 heavy (non-hydrogen) atoms. The van der Waals surface area contributed by atoms with Crippen molar-refractivity contribution in [3.05, 3.63) is 0 Å². The number of hydrogen-bond acceptors (Lipinski definition) is 2. The molecule has 0 bridgehead atoms. The molecule has 0 aromatic carbocycles. The Labute approximate surface area is 74.2 Å². The monoisotopic (exact) mass is 173 g/mol. The summed E-state index contributed by atoms with van der Waals surface area (Å²) in [5.74, 6) is -0.739. The average molecular weight is 173 g/mol. The van der Waals surface area contributed by atoms with Crippen LogP contribution in [0.2, 0.25) is 0 Å². The molecule has 0 rings (SSSR count). The molecule has 0 heterocycles. The van der Waals surface area contributed by atoms with Gasteiger partial charge in [0, 0.05) is 6.04 Å². The van der Waals surface area contributed by atoms with Gasteiger partial charge in [0.25, 0.3) is 0 Å². The van der Waals surface area contributed by atoms with Gasteiger partial charge in [-0.25, -0.2) is 0 Å². The zero-order valence-electron chi connectivity index (χ0n) is 8.13. The lowest BCUT2D eigenvalue weighted by molar-refractivity contribution is -0.139. The Morgan fingerprint density at radius 1 is 1.50 bits per heavy atom. The van der Waals surface area contributed by atoms with E-state index in [0.29, 0.717) is 6.42 Å². The zero-order valence-corrected chi connectivity index (χ0v) is 8.13. The van der Waals surface area contributed by atoms with E-state index in [9.17, 15) is 4.79 Å². The Bertz CT molecular complexity index is 136. The molecule has 3 nitrogen and oxygen atoms in total. The third-order valence-electron chi connectivity index (χ3n) is 1.97. The van der Waals surface area contributed by atoms with E-state index < -0.39 is 5.97 Å². The van der Waals surface area contributed by atoms with Crippen molar-refractivity contribution in [3.8, 4) is 0 Å². The molecule has 2 N–H and O–H groups in total. The van der Waals surface area contributed by atoms with Gasteiger partial charge in [-0.15, -0.1) is 0 Å². The van der Waals surface area contributed by atoms with E-state index in [1.54, 1.807) is 0 Å². The van der Waals surface area contributed by atoms with Crippen LogP contribution in [0.25, 0.3) is 0 Å². The maximum atomic E-state index is 10.7. The fourth-order valence-electron chi connectivity index (χ4n) is 1.03. The van der Waals surface area contributed by atoms with Crippen LogP contribution in [0, 0.1) is 0 Å². The van der Waals surface area contributed by atoms with Crippen molar-refractivity contribution in [3.63, 3.8) is 0 Å². The molecule has 0 saturated carbocycles. The van der Waals surface area contributed by atoms with Gasteiger partial charge in [-0.05, 0) is 19.8 Å². The normalized spacial score (nSPS) is 15.6. The molecule has 0 spiro atoms. The van der Waals surface area contributed by atoms with E-state index in [0.717, 1.165) is 12.8 Å². The van der Waals surface area contributed by atoms with Crippen molar-refractivity contribution in [2.24, 2.45) is 0 Å². The topological polar surface area (TPSA) is 49.3 Å². The highest BCUT2D eigenvalue weighted by atomic mass is 16.4. The second kappa shape index (κ2) is 6.00. The van der Waals surface area contributed by atoms with Crippen LogP contribution in [-0.2, 0) is 4.79 Å². The lowest BCUT2D eigenvalue weighted by Crippen LogP contribution is -2.41. The number of carbonyl (C=O) groups is 1. The fraction of sp³-hybridized carbons (Fsp3) is 0.889. The highest BCUT2D eigenvalue weighted by Crippen LogP contribution is 2.00. The van der Waals surface area contributed by atoms with Crippen LogP contribution < -0.4 is 5.32 Å². The van der Waals surface area contributed by atoms with Crippen LogP contribution in [0.1, 0.15) is 40.0 Å². The number of nitrogens with one attached hydrogen (secondary N) is 1. The molecule has 1 unspecified atom stereocenters. The maximum absolute atomic E-state index is 10.7. The molecule has 0 fully saturated rings. The van der Waals surface area contributed by atoms with E-state index in [-0.39, 0.29) is 12.1 Å². The molecule has 3 heteroatoms. The number of carboxylic acid groups (broad SMARTS) is 1. The third kappa shape index (κ3) is 4.34. The van der Waals surface area contributed by atoms with Gasteiger partial charge in [0.15, 0.2) is 0 Å². The average Bonchev–Trinajstić information content (AvgIpc) is 2.03. The Morgan fingerprint density at radius 3 is 2.42 bits per heavy atom. The molecular formula is C9H19NO2. The summed E-state index contributed by atoms with van der Waals surface area (Å²) in [7, 11) is 0. The highest BCUT2D eigenvalue weighted by molar-refractivity contribution is 5.73. The Balaban J connectivity index is 3.86. The van der Waals surface area contributed by atoms with Crippen molar-refractivity contribution in [2.75, 3.05) is 0 Å². The molecule has 0 saturated heterocycles. The number of rotatable bonds is 6. The first-order valence-electron chi connectivity index (χ1n) is 4.60. The van der Waals surface area contributed by atoms with E-state index >= 15 is 0 Å². The van der Waals surface area contributed by atoms with Crippen LogP contribution in [0.3, 0.4) is 0 Å². The van der Waals surface area contributed by atoms with Gasteiger partial charge in [-0.1, -0.05) is 20.3 Å². The lowest BCUT2D eigenvalue weighted by Gasteiger charge is -2.18. The summed E-state index contributed by atoms with van der Waals surface area (Å²) in [6.45, 7) is 6.04. The largest absolute Gasteiger partial charge is 0.480 e. The highest BCUT2D eigenvalue weighted by Gasteiger charge is 2.16. The van der Waals surface area contributed by atoms with Gasteiger partial charge in [0.05, 0.1) is 0 Å². The van der Waals surface area contributed by atoms with E-state index in [2.05, 4.69) is 5.32 Å². The molecule has 0 amide bonds.